The minimum atomic E-state index is -0.574. The minimum absolute atomic E-state index is 0.228. The number of rotatable bonds is 6. The average molecular weight is 614 g/mol. The molecule has 44 heavy (non-hydrogen) atoms. The molecule has 7 rings (SSSR count). The number of halogens is 1. The smallest absolute Gasteiger partial charge is 0.409 e. The number of benzene rings is 1. The molecule has 0 bridgehead atoms. The number of fused-ring (bicyclic) bond motifs is 2. The number of aromatic nitrogens is 3. The predicted molar refractivity (Wildman–Crippen MR) is 168 cm³/mol. The predicted octanol–water partition coefficient (Wildman–Crippen LogP) is 6.79. The van der Waals surface area contributed by atoms with Crippen molar-refractivity contribution >= 4 is 41.0 Å². The number of imidazole rings is 1. The minimum Gasteiger partial charge on any atom is -0.449 e. The van der Waals surface area contributed by atoms with E-state index in [1.165, 1.54) is 5.57 Å². The molecular formula is C34H36ClN5O4. The van der Waals surface area contributed by atoms with Gasteiger partial charge < -0.3 is 24.3 Å². The van der Waals surface area contributed by atoms with Crippen molar-refractivity contribution < 1.29 is 19.1 Å². The number of hydrogen-bond acceptors (Lipinski definition) is 6. The van der Waals surface area contributed by atoms with Gasteiger partial charge in [0.15, 0.2) is 0 Å². The van der Waals surface area contributed by atoms with Crippen LogP contribution >= 0.6 is 11.6 Å². The highest BCUT2D eigenvalue weighted by atomic mass is 35.5. The maximum atomic E-state index is 13.3. The third-order valence-electron chi connectivity index (χ3n) is 9.08. The van der Waals surface area contributed by atoms with Crippen LogP contribution in [-0.4, -0.2) is 56.9 Å². The number of carbonyl (C=O) groups is 2. The molecule has 2 amide bonds. The summed E-state index contributed by atoms with van der Waals surface area (Å²) < 4.78 is 13.3. The van der Waals surface area contributed by atoms with Crippen LogP contribution in [0.15, 0.2) is 54.6 Å². The van der Waals surface area contributed by atoms with E-state index in [1.54, 1.807) is 12.5 Å². The summed E-state index contributed by atoms with van der Waals surface area (Å²) in [5.41, 5.74) is 7.18. The second kappa shape index (κ2) is 11.4. The van der Waals surface area contributed by atoms with Gasteiger partial charge in [-0.1, -0.05) is 29.3 Å². The fourth-order valence-electron chi connectivity index (χ4n) is 6.07. The molecule has 1 unspecified atom stereocenters. The summed E-state index contributed by atoms with van der Waals surface area (Å²) in [6, 6.07) is 9.28. The van der Waals surface area contributed by atoms with Gasteiger partial charge >= 0.3 is 12.2 Å². The summed E-state index contributed by atoms with van der Waals surface area (Å²) in [5.74, 6) is 0.531. The highest BCUT2D eigenvalue weighted by Gasteiger charge is 2.42. The second-order valence-electron chi connectivity index (χ2n) is 12.6. The molecule has 10 heteroatoms. The molecule has 2 aromatic heterocycles. The van der Waals surface area contributed by atoms with Crippen molar-refractivity contribution in [3.63, 3.8) is 0 Å². The van der Waals surface area contributed by atoms with Crippen molar-refractivity contribution in [3.05, 3.63) is 87.7 Å². The Labute approximate surface area is 261 Å². The fourth-order valence-corrected chi connectivity index (χ4v) is 6.24. The molecule has 3 fully saturated rings. The van der Waals surface area contributed by atoms with Crippen LogP contribution in [0.1, 0.15) is 79.6 Å². The first-order valence-corrected chi connectivity index (χ1v) is 15.7. The average Bonchev–Trinajstić information content (AvgIpc) is 3.94. The molecule has 3 aromatic rings. The standard InChI is InChI=1S/C34H36ClN5O4/c1-34(11-12-34)44-32(41)38-31(28-18-36-20-39(28)2)27-16-23-4-3-13-37-30(23)29(25-8-7-24(35)17-26(25)27)22-9-14-40(15-10-22)33(42)43-19-21-5-6-21/h3-4,7-8,13,16-18,20-21,31H,5-6,9-12,14-15,19H2,1-2H3,(H,38,41). The Kier molecular flexibility index (Phi) is 7.44. The van der Waals surface area contributed by atoms with E-state index in [2.05, 4.69) is 16.4 Å². The Hall–Kier alpha value is -4.11. The van der Waals surface area contributed by atoms with Crippen LogP contribution in [0.3, 0.4) is 0 Å². The molecular weight excluding hydrogens is 578 g/mol. The van der Waals surface area contributed by atoms with E-state index in [0.29, 0.717) is 43.5 Å². The first-order valence-electron chi connectivity index (χ1n) is 15.3. The van der Waals surface area contributed by atoms with Gasteiger partial charge in [0.1, 0.15) is 11.6 Å². The number of piperidine rings is 1. The Bertz CT molecular complexity index is 1680. The van der Waals surface area contributed by atoms with Crippen molar-refractivity contribution in [1.29, 1.82) is 0 Å². The number of carbonyl (C=O) groups excluding carboxylic acids is 2. The first kappa shape index (κ1) is 28.6. The molecule has 1 N–H and O–H groups in total. The number of aryl methyl sites for hydroxylation is 1. The lowest BCUT2D eigenvalue weighted by molar-refractivity contribution is 0.0915. The molecule has 1 saturated heterocycles. The SMILES string of the molecule is Cn1cncc1C(NC(=O)OC1(C)CC1)C1=Cc2cccnc2C(=C2CCN(C(=O)OCC3CC3)CC2)c2ccc(Cl)cc21. The van der Waals surface area contributed by atoms with Gasteiger partial charge in [-0.2, -0.15) is 0 Å². The van der Waals surface area contributed by atoms with Crippen molar-refractivity contribution in [2.75, 3.05) is 19.7 Å². The van der Waals surface area contributed by atoms with Crippen molar-refractivity contribution in [2.45, 2.75) is 57.1 Å². The Balaban J connectivity index is 1.29. The zero-order valence-electron chi connectivity index (χ0n) is 25.0. The van der Waals surface area contributed by atoms with E-state index in [9.17, 15) is 9.59 Å². The second-order valence-corrected chi connectivity index (χ2v) is 13.0. The quantitative estimate of drug-likeness (QED) is 0.329. The number of nitrogens with one attached hydrogen (secondary N) is 1. The number of amides is 2. The van der Waals surface area contributed by atoms with Crippen LogP contribution in [0.4, 0.5) is 9.59 Å². The highest BCUT2D eigenvalue weighted by Crippen LogP contribution is 2.45. The monoisotopic (exact) mass is 613 g/mol. The zero-order chi connectivity index (χ0) is 30.4. The van der Waals surface area contributed by atoms with E-state index < -0.39 is 17.7 Å². The van der Waals surface area contributed by atoms with Crippen LogP contribution in [0.2, 0.25) is 5.02 Å². The molecule has 3 heterocycles. The zero-order valence-corrected chi connectivity index (χ0v) is 25.8. The molecule has 0 radical (unpaired) electrons. The molecule has 1 atom stereocenters. The van der Waals surface area contributed by atoms with Gasteiger partial charge in [0.05, 0.1) is 30.5 Å². The maximum absolute atomic E-state index is 13.3. The van der Waals surface area contributed by atoms with Gasteiger partial charge in [0.25, 0.3) is 0 Å². The van der Waals surface area contributed by atoms with E-state index in [1.807, 2.05) is 60.0 Å². The first-order chi connectivity index (χ1) is 21.3. The Morgan fingerprint density at radius 2 is 1.95 bits per heavy atom. The number of nitrogens with zero attached hydrogens (tertiary/aromatic N) is 4. The van der Waals surface area contributed by atoms with Crippen molar-refractivity contribution in [2.24, 2.45) is 13.0 Å². The normalized spacial score (nSPS) is 19.2. The maximum Gasteiger partial charge on any atom is 0.409 e. The summed E-state index contributed by atoms with van der Waals surface area (Å²) in [6.45, 7) is 3.63. The number of hydrogen-bond donors (Lipinski definition) is 1. The molecule has 228 valence electrons. The summed E-state index contributed by atoms with van der Waals surface area (Å²) in [4.78, 5) is 37.1. The van der Waals surface area contributed by atoms with Crippen LogP contribution in [0.25, 0.3) is 17.2 Å². The van der Waals surface area contributed by atoms with Gasteiger partial charge in [-0.05, 0) is 92.3 Å². The third-order valence-corrected chi connectivity index (χ3v) is 9.32. The molecule has 9 nitrogen and oxygen atoms in total. The molecule has 4 aliphatic rings. The van der Waals surface area contributed by atoms with Crippen LogP contribution < -0.4 is 5.32 Å². The fraction of sp³-hybridized carbons (Fsp3) is 0.412. The molecule has 0 spiro atoms. The van der Waals surface area contributed by atoms with E-state index in [-0.39, 0.29) is 6.09 Å². The van der Waals surface area contributed by atoms with E-state index in [0.717, 1.165) is 64.9 Å². The lowest BCUT2D eigenvalue weighted by Gasteiger charge is -2.30. The lowest BCUT2D eigenvalue weighted by Crippen LogP contribution is -2.37. The summed E-state index contributed by atoms with van der Waals surface area (Å²) in [5, 5.41) is 3.74. The molecule has 3 aliphatic carbocycles. The number of likely N-dealkylation sites (tertiary alicyclic amines) is 1. The summed E-state index contributed by atoms with van der Waals surface area (Å²) in [7, 11) is 1.91. The Morgan fingerprint density at radius 1 is 1.16 bits per heavy atom. The van der Waals surface area contributed by atoms with Gasteiger partial charge in [-0.25, -0.2) is 14.6 Å². The number of ether oxygens (including phenoxy) is 2. The van der Waals surface area contributed by atoms with Crippen LogP contribution in [-0.2, 0) is 16.5 Å². The van der Waals surface area contributed by atoms with Crippen molar-refractivity contribution in [1.82, 2.24) is 24.8 Å². The summed E-state index contributed by atoms with van der Waals surface area (Å²) >= 11 is 6.67. The van der Waals surface area contributed by atoms with Crippen molar-refractivity contribution in [3.8, 4) is 0 Å². The van der Waals surface area contributed by atoms with Crippen LogP contribution in [0, 0.1) is 5.92 Å². The van der Waals surface area contributed by atoms with E-state index in [4.69, 9.17) is 26.1 Å². The largest absolute Gasteiger partial charge is 0.449 e. The number of alkyl carbamates (subject to hydrolysis) is 1. The van der Waals surface area contributed by atoms with Gasteiger partial charge in [-0.15, -0.1) is 0 Å². The van der Waals surface area contributed by atoms with Gasteiger partial charge in [0.2, 0.25) is 0 Å². The third kappa shape index (κ3) is 5.85. The molecule has 1 aromatic carbocycles. The Morgan fingerprint density at radius 3 is 2.66 bits per heavy atom. The summed E-state index contributed by atoms with van der Waals surface area (Å²) in [6.07, 6.45) is 12.1. The van der Waals surface area contributed by atoms with Gasteiger partial charge in [0, 0.05) is 42.5 Å². The highest BCUT2D eigenvalue weighted by molar-refractivity contribution is 6.31. The molecule has 1 aliphatic heterocycles. The topological polar surface area (TPSA) is 98.6 Å². The van der Waals surface area contributed by atoms with Gasteiger partial charge in [-0.3, -0.25) is 4.98 Å². The molecule has 2 saturated carbocycles. The van der Waals surface area contributed by atoms with Crippen LogP contribution in [0.5, 0.6) is 0 Å². The number of pyridine rings is 1. The van der Waals surface area contributed by atoms with E-state index >= 15 is 0 Å². The lowest BCUT2D eigenvalue weighted by atomic mass is 9.86.